The number of rotatable bonds is 5. The Hall–Kier alpha value is -2.36. The number of nitrogens with one attached hydrogen (secondary N) is 2. The average molecular weight is 241 g/mol. The number of para-hydroxylation sites is 1. The molecular formula is C14H15N3O. The number of anilines is 1. The Morgan fingerprint density at radius 1 is 1.06 bits per heavy atom. The fourth-order valence-corrected chi connectivity index (χ4v) is 1.50. The number of nitrogens with zero attached hydrogens (tertiary/aromatic N) is 1. The van der Waals surface area contributed by atoms with Crippen LogP contribution in [0.3, 0.4) is 0 Å². The Morgan fingerprint density at radius 3 is 2.50 bits per heavy atom. The quantitative estimate of drug-likeness (QED) is 0.839. The Morgan fingerprint density at radius 2 is 1.78 bits per heavy atom. The topological polar surface area (TPSA) is 54.0 Å². The molecule has 0 atom stereocenters. The van der Waals surface area contributed by atoms with Crippen LogP contribution in [0, 0.1) is 0 Å². The minimum atomic E-state index is -0.0318. The van der Waals surface area contributed by atoms with Crippen molar-refractivity contribution in [2.45, 2.75) is 6.54 Å². The lowest BCUT2D eigenvalue weighted by molar-refractivity contribution is -0.119. The van der Waals surface area contributed by atoms with Crippen molar-refractivity contribution in [1.29, 1.82) is 0 Å². The fourth-order valence-electron chi connectivity index (χ4n) is 1.50. The molecule has 0 spiro atoms. The molecule has 1 aromatic carbocycles. The second kappa shape index (κ2) is 6.39. The maximum Gasteiger partial charge on any atom is 0.239 e. The maximum atomic E-state index is 11.6. The van der Waals surface area contributed by atoms with E-state index in [1.54, 1.807) is 12.4 Å². The van der Waals surface area contributed by atoms with Crippen molar-refractivity contribution in [1.82, 2.24) is 10.3 Å². The number of hydrogen-bond donors (Lipinski definition) is 2. The number of aromatic nitrogens is 1. The Balaban J connectivity index is 1.73. The van der Waals surface area contributed by atoms with Crippen LogP contribution in [0.1, 0.15) is 5.56 Å². The van der Waals surface area contributed by atoms with Crippen LogP contribution in [-0.2, 0) is 11.3 Å². The van der Waals surface area contributed by atoms with Crippen molar-refractivity contribution in [3.05, 3.63) is 60.4 Å². The van der Waals surface area contributed by atoms with E-state index in [9.17, 15) is 4.79 Å². The van der Waals surface area contributed by atoms with Crippen LogP contribution >= 0.6 is 0 Å². The lowest BCUT2D eigenvalue weighted by atomic mass is 10.3. The molecule has 0 saturated heterocycles. The zero-order valence-electron chi connectivity index (χ0n) is 9.97. The predicted molar refractivity (Wildman–Crippen MR) is 71.0 cm³/mol. The lowest BCUT2D eigenvalue weighted by Crippen LogP contribution is -2.29. The standard InChI is InChI=1S/C14H15N3O/c18-14(11-16-13-4-2-1-3-5-13)17-10-12-6-8-15-9-7-12/h1-9,16H,10-11H2,(H,17,18). The van der Waals surface area contributed by atoms with E-state index in [1.165, 1.54) is 0 Å². The molecule has 0 aliphatic rings. The first kappa shape index (κ1) is 12.1. The summed E-state index contributed by atoms with van der Waals surface area (Å²) in [5.41, 5.74) is 1.98. The van der Waals surface area contributed by atoms with Crippen LogP contribution in [-0.4, -0.2) is 17.4 Å². The molecule has 2 aromatic rings. The van der Waals surface area contributed by atoms with Crippen molar-refractivity contribution < 1.29 is 4.79 Å². The summed E-state index contributed by atoms with van der Waals surface area (Å²) in [7, 11) is 0. The molecule has 4 heteroatoms. The van der Waals surface area contributed by atoms with Crippen molar-refractivity contribution in [3.8, 4) is 0 Å². The summed E-state index contributed by atoms with van der Waals surface area (Å²) in [6, 6.07) is 13.4. The largest absolute Gasteiger partial charge is 0.376 e. The third-order valence-corrected chi connectivity index (χ3v) is 2.47. The molecule has 0 aliphatic carbocycles. The van der Waals surface area contributed by atoms with Gasteiger partial charge in [-0.05, 0) is 29.8 Å². The molecule has 2 N–H and O–H groups in total. The number of pyridine rings is 1. The summed E-state index contributed by atoms with van der Waals surface area (Å²) in [6.45, 7) is 0.799. The van der Waals surface area contributed by atoms with Gasteiger partial charge in [0.05, 0.1) is 6.54 Å². The highest BCUT2D eigenvalue weighted by molar-refractivity contribution is 5.80. The zero-order valence-corrected chi connectivity index (χ0v) is 9.97. The second-order valence-electron chi connectivity index (χ2n) is 3.85. The monoisotopic (exact) mass is 241 g/mol. The second-order valence-corrected chi connectivity index (χ2v) is 3.85. The van der Waals surface area contributed by atoms with Gasteiger partial charge >= 0.3 is 0 Å². The first-order valence-electron chi connectivity index (χ1n) is 5.79. The van der Waals surface area contributed by atoms with Gasteiger partial charge in [0, 0.05) is 24.6 Å². The summed E-state index contributed by atoms with van der Waals surface area (Å²) >= 11 is 0. The molecule has 92 valence electrons. The maximum absolute atomic E-state index is 11.6. The molecule has 0 aliphatic heterocycles. The van der Waals surface area contributed by atoms with E-state index in [0.717, 1.165) is 11.3 Å². The zero-order chi connectivity index (χ0) is 12.6. The first-order valence-corrected chi connectivity index (χ1v) is 5.79. The minimum absolute atomic E-state index is 0.0318. The van der Waals surface area contributed by atoms with Gasteiger partial charge in [0.25, 0.3) is 0 Å². The third-order valence-electron chi connectivity index (χ3n) is 2.47. The third kappa shape index (κ3) is 3.90. The number of hydrogen-bond acceptors (Lipinski definition) is 3. The fraction of sp³-hybridized carbons (Fsp3) is 0.143. The molecule has 1 heterocycles. The van der Waals surface area contributed by atoms with Crippen molar-refractivity contribution in [2.24, 2.45) is 0 Å². The highest BCUT2D eigenvalue weighted by Crippen LogP contribution is 2.03. The van der Waals surface area contributed by atoms with Crippen LogP contribution < -0.4 is 10.6 Å². The van der Waals surface area contributed by atoms with E-state index in [4.69, 9.17) is 0 Å². The van der Waals surface area contributed by atoms with Crippen LogP contribution in [0.5, 0.6) is 0 Å². The van der Waals surface area contributed by atoms with Crippen molar-refractivity contribution >= 4 is 11.6 Å². The van der Waals surface area contributed by atoms with Gasteiger partial charge in [-0.1, -0.05) is 18.2 Å². The molecule has 0 saturated carbocycles. The Bertz CT molecular complexity index is 439. The van der Waals surface area contributed by atoms with Crippen LogP contribution in [0.2, 0.25) is 0 Å². The SMILES string of the molecule is O=C(CNc1ccccc1)NCc1ccncc1. The molecule has 0 radical (unpaired) electrons. The van der Waals surface area contributed by atoms with E-state index in [-0.39, 0.29) is 12.5 Å². The molecular weight excluding hydrogens is 226 g/mol. The summed E-state index contributed by atoms with van der Waals surface area (Å²) in [6.07, 6.45) is 3.42. The van der Waals surface area contributed by atoms with Crippen molar-refractivity contribution in [3.63, 3.8) is 0 Å². The highest BCUT2D eigenvalue weighted by atomic mass is 16.1. The van der Waals surface area contributed by atoms with E-state index in [0.29, 0.717) is 6.54 Å². The molecule has 2 rings (SSSR count). The molecule has 1 aromatic heterocycles. The molecule has 1 amide bonds. The molecule has 0 fully saturated rings. The van der Waals surface area contributed by atoms with Gasteiger partial charge in [-0.2, -0.15) is 0 Å². The van der Waals surface area contributed by atoms with E-state index in [1.807, 2.05) is 42.5 Å². The van der Waals surface area contributed by atoms with E-state index in [2.05, 4.69) is 15.6 Å². The number of carbonyl (C=O) groups excluding carboxylic acids is 1. The van der Waals surface area contributed by atoms with Crippen LogP contribution in [0.25, 0.3) is 0 Å². The normalized spacial score (nSPS) is 9.78. The summed E-state index contributed by atoms with van der Waals surface area (Å²) in [4.78, 5) is 15.5. The van der Waals surface area contributed by atoms with Gasteiger partial charge in [0.1, 0.15) is 0 Å². The Labute approximate surface area is 106 Å². The summed E-state index contributed by atoms with van der Waals surface area (Å²) in [5, 5.41) is 5.90. The van der Waals surface area contributed by atoms with Gasteiger partial charge in [0.2, 0.25) is 5.91 Å². The predicted octanol–water partition coefficient (Wildman–Crippen LogP) is 1.81. The number of benzene rings is 1. The number of amides is 1. The van der Waals surface area contributed by atoms with Crippen LogP contribution in [0.4, 0.5) is 5.69 Å². The van der Waals surface area contributed by atoms with Crippen LogP contribution in [0.15, 0.2) is 54.9 Å². The molecule has 4 nitrogen and oxygen atoms in total. The highest BCUT2D eigenvalue weighted by Gasteiger charge is 2.00. The van der Waals surface area contributed by atoms with E-state index >= 15 is 0 Å². The molecule has 0 bridgehead atoms. The summed E-state index contributed by atoms with van der Waals surface area (Å²) < 4.78 is 0. The van der Waals surface area contributed by atoms with Gasteiger partial charge in [-0.3, -0.25) is 9.78 Å². The minimum Gasteiger partial charge on any atom is -0.376 e. The van der Waals surface area contributed by atoms with Gasteiger partial charge in [0.15, 0.2) is 0 Å². The van der Waals surface area contributed by atoms with Gasteiger partial charge in [-0.25, -0.2) is 0 Å². The molecule has 0 unspecified atom stereocenters. The van der Waals surface area contributed by atoms with E-state index < -0.39 is 0 Å². The average Bonchev–Trinajstić information content (AvgIpc) is 2.45. The first-order chi connectivity index (χ1) is 8.84. The lowest BCUT2D eigenvalue weighted by Gasteiger charge is -2.07. The number of carbonyl (C=O) groups is 1. The smallest absolute Gasteiger partial charge is 0.239 e. The summed E-state index contributed by atoms with van der Waals surface area (Å²) in [5.74, 6) is -0.0318. The van der Waals surface area contributed by atoms with Crippen molar-refractivity contribution in [2.75, 3.05) is 11.9 Å². The molecule has 18 heavy (non-hydrogen) atoms. The van der Waals surface area contributed by atoms with Gasteiger partial charge in [-0.15, -0.1) is 0 Å². The van der Waals surface area contributed by atoms with Gasteiger partial charge < -0.3 is 10.6 Å². The Kier molecular flexibility index (Phi) is 4.30.